The molecule has 1 aromatic heterocycles. The lowest BCUT2D eigenvalue weighted by Crippen LogP contribution is -2.46. The Hall–Kier alpha value is -1.39. The van der Waals surface area contributed by atoms with Crippen molar-refractivity contribution in [1.82, 2.24) is 15.1 Å². The van der Waals surface area contributed by atoms with Crippen molar-refractivity contribution in [2.45, 2.75) is 44.2 Å². The van der Waals surface area contributed by atoms with Gasteiger partial charge in [0.1, 0.15) is 0 Å². The molecule has 2 aromatic rings. The number of fused-ring (bicyclic) bond motifs is 1. The highest BCUT2D eigenvalue weighted by Gasteiger charge is 2.39. The molecule has 1 aliphatic rings. The van der Waals surface area contributed by atoms with Crippen molar-refractivity contribution in [3.05, 3.63) is 30.5 Å². The highest BCUT2D eigenvalue weighted by Crippen LogP contribution is 2.38. The van der Waals surface area contributed by atoms with Gasteiger partial charge in [0.25, 0.3) is 0 Å². The summed E-state index contributed by atoms with van der Waals surface area (Å²) < 4.78 is 2.14. The maximum atomic E-state index is 9.78. The summed E-state index contributed by atoms with van der Waals surface area (Å²) in [5.74, 6) is 0. The molecular weight excluding hydrogens is 250 g/mol. The average Bonchev–Trinajstić information content (AvgIpc) is 3.09. The second-order valence-electron chi connectivity index (χ2n) is 5.91. The molecule has 0 saturated heterocycles. The van der Waals surface area contributed by atoms with E-state index in [9.17, 15) is 5.11 Å². The van der Waals surface area contributed by atoms with Gasteiger partial charge in [-0.2, -0.15) is 5.10 Å². The van der Waals surface area contributed by atoms with Gasteiger partial charge in [0.2, 0.25) is 0 Å². The molecule has 1 heterocycles. The summed E-state index contributed by atoms with van der Waals surface area (Å²) in [6, 6.07) is 8.71. The Morgan fingerprint density at radius 3 is 3.10 bits per heavy atom. The third-order valence-electron chi connectivity index (χ3n) is 4.49. The largest absolute Gasteiger partial charge is 0.394 e. The Bertz CT molecular complexity index is 580. The predicted molar refractivity (Wildman–Crippen MR) is 80.7 cm³/mol. The summed E-state index contributed by atoms with van der Waals surface area (Å²) >= 11 is 0. The number of nitrogens with zero attached hydrogens (tertiary/aromatic N) is 2. The zero-order chi connectivity index (χ0) is 14.0. The molecule has 0 radical (unpaired) electrons. The van der Waals surface area contributed by atoms with Crippen LogP contribution in [0.3, 0.4) is 0 Å². The smallest absolute Gasteiger partial charge is 0.0685 e. The Labute approximate surface area is 119 Å². The number of nitrogens with one attached hydrogen (secondary N) is 1. The highest BCUT2D eigenvalue weighted by atomic mass is 16.3. The van der Waals surface area contributed by atoms with Crippen molar-refractivity contribution in [3.8, 4) is 0 Å². The van der Waals surface area contributed by atoms with Gasteiger partial charge in [-0.05, 0) is 38.3 Å². The van der Waals surface area contributed by atoms with Crippen LogP contribution in [0.1, 0.15) is 38.6 Å². The first-order valence-corrected chi connectivity index (χ1v) is 7.56. The number of hydrogen-bond donors (Lipinski definition) is 2. The van der Waals surface area contributed by atoms with Gasteiger partial charge in [-0.25, -0.2) is 0 Å². The van der Waals surface area contributed by atoms with Crippen LogP contribution in [-0.4, -0.2) is 33.6 Å². The topological polar surface area (TPSA) is 50.1 Å². The van der Waals surface area contributed by atoms with Crippen LogP contribution in [0, 0.1) is 0 Å². The maximum absolute atomic E-state index is 9.78. The number of rotatable bonds is 5. The van der Waals surface area contributed by atoms with Crippen LogP contribution in [0.15, 0.2) is 30.5 Å². The molecule has 1 saturated carbocycles. The van der Waals surface area contributed by atoms with Crippen molar-refractivity contribution < 1.29 is 5.11 Å². The van der Waals surface area contributed by atoms with Gasteiger partial charge < -0.3 is 10.4 Å². The zero-order valence-electron chi connectivity index (χ0n) is 12.0. The van der Waals surface area contributed by atoms with E-state index in [1.54, 1.807) is 0 Å². The van der Waals surface area contributed by atoms with Crippen molar-refractivity contribution >= 4 is 10.9 Å². The summed E-state index contributed by atoms with van der Waals surface area (Å²) in [5, 5.41) is 19.1. The molecule has 20 heavy (non-hydrogen) atoms. The summed E-state index contributed by atoms with van der Waals surface area (Å²) in [7, 11) is 0. The van der Waals surface area contributed by atoms with E-state index in [0.29, 0.717) is 6.04 Å². The number of aromatic nitrogens is 2. The lowest BCUT2D eigenvalue weighted by Gasteiger charge is -2.28. The summed E-state index contributed by atoms with van der Waals surface area (Å²) in [4.78, 5) is 0. The fraction of sp³-hybridized carbons (Fsp3) is 0.562. The number of hydrogen-bond acceptors (Lipinski definition) is 3. The van der Waals surface area contributed by atoms with E-state index in [0.717, 1.165) is 32.2 Å². The van der Waals surface area contributed by atoms with Crippen LogP contribution < -0.4 is 5.32 Å². The Morgan fingerprint density at radius 2 is 2.30 bits per heavy atom. The van der Waals surface area contributed by atoms with Crippen LogP contribution in [0.2, 0.25) is 0 Å². The monoisotopic (exact) mass is 273 g/mol. The molecule has 1 fully saturated rings. The molecule has 108 valence electrons. The molecule has 2 atom stereocenters. The van der Waals surface area contributed by atoms with Crippen LogP contribution in [0.5, 0.6) is 0 Å². The molecule has 0 aliphatic heterocycles. The van der Waals surface area contributed by atoms with E-state index in [1.807, 2.05) is 12.3 Å². The van der Waals surface area contributed by atoms with E-state index in [-0.39, 0.29) is 12.1 Å². The normalized spacial score (nSPS) is 26.4. The molecule has 2 N–H and O–H groups in total. The fourth-order valence-corrected chi connectivity index (χ4v) is 3.34. The van der Waals surface area contributed by atoms with Crippen molar-refractivity contribution in [2.75, 3.05) is 13.2 Å². The van der Waals surface area contributed by atoms with Crippen molar-refractivity contribution in [3.63, 3.8) is 0 Å². The van der Waals surface area contributed by atoms with Crippen LogP contribution in [0.4, 0.5) is 0 Å². The Morgan fingerprint density at radius 1 is 1.45 bits per heavy atom. The lowest BCUT2D eigenvalue weighted by atomic mass is 9.98. The van der Waals surface area contributed by atoms with Gasteiger partial charge in [0, 0.05) is 10.9 Å². The van der Waals surface area contributed by atoms with E-state index >= 15 is 0 Å². The van der Waals surface area contributed by atoms with Crippen molar-refractivity contribution in [1.29, 1.82) is 0 Å². The highest BCUT2D eigenvalue weighted by molar-refractivity contribution is 5.78. The Balaban J connectivity index is 1.82. The number of aliphatic hydroxyl groups excluding tert-OH is 1. The van der Waals surface area contributed by atoms with Gasteiger partial charge >= 0.3 is 0 Å². The third-order valence-corrected chi connectivity index (χ3v) is 4.49. The second kappa shape index (κ2) is 5.54. The SMILES string of the molecule is CCCNC1(CO)CCC(n2ncc3ccccc32)C1. The first-order valence-electron chi connectivity index (χ1n) is 7.56. The molecule has 1 aromatic carbocycles. The van der Waals surface area contributed by atoms with E-state index in [2.05, 4.69) is 40.2 Å². The third kappa shape index (κ3) is 2.34. The second-order valence-corrected chi connectivity index (χ2v) is 5.91. The van der Waals surface area contributed by atoms with Gasteiger partial charge in [-0.1, -0.05) is 25.1 Å². The summed E-state index contributed by atoms with van der Waals surface area (Å²) in [6.45, 7) is 3.33. The standard InChI is InChI=1S/C16H23N3O/c1-2-9-17-16(12-20)8-7-14(10-16)19-15-6-4-3-5-13(15)11-18-19/h3-6,11,14,17,20H,2,7-10,12H2,1H3. The van der Waals surface area contributed by atoms with Crippen LogP contribution in [-0.2, 0) is 0 Å². The number of para-hydroxylation sites is 1. The van der Waals surface area contributed by atoms with E-state index in [4.69, 9.17) is 0 Å². The molecule has 0 bridgehead atoms. The Kier molecular flexibility index (Phi) is 3.76. The van der Waals surface area contributed by atoms with Gasteiger partial charge in [-0.15, -0.1) is 0 Å². The minimum absolute atomic E-state index is 0.117. The van der Waals surface area contributed by atoms with Gasteiger partial charge in [-0.3, -0.25) is 4.68 Å². The zero-order valence-corrected chi connectivity index (χ0v) is 12.0. The van der Waals surface area contributed by atoms with Gasteiger partial charge in [0.05, 0.1) is 24.4 Å². The minimum Gasteiger partial charge on any atom is -0.394 e. The molecule has 0 amide bonds. The fourth-order valence-electron chi connectivity index (χ4n) is 3.34. The predicted octanol–water partition coefficient (Wildman–Crippen LogP) is 2.49. The van der Waals surface area contributed by atoms with E-state index in [1.165, 1.54) is 10.9 Å². The molecule has 2 unspecified atom stereocenters. The molecule has 4 nitrogen and oxygen atoms in total. The molecular formula is C16H23N3O. The first kappa shape index (κ1) is 13.6. The van der Waals surface area contributed by atoms with Crippen molar-refractivity contribution in [2.24, 2.45) is 0 Å². The molecule has 1 aliphatic carbocycles. The summed E-state index contributed by atoms with van der Waals surface area (Å²) in [6.07, 6.45) is 6.07. The minimum atomic E-state index is -0.117. The first-order chi connectivity index (χ1) is 9.78. The number of aliphatic hydroxyl groups is 1. The van der Waals surface area contributed by atoms with Crippen LogP contribution >= 0.6 is 0 Å². The molecule has 0 spiro atoms. The molecule has 3 rings (SSSR count). The van der Waals surface area contributed by atoms with Gasteiger partial charge in [0.15, 0.2) is 0 Å². The van der Waals surface area contributed by atoms with E-state index < -0.39 is 0 Å². The van der Waals surface area contributed by atoms with Crippen LogP contribution in [0.25, 0.3) is 10.9 Å². The summed E-state index contributed by atoms with van der Waals surface area (Å²) in [5.41, 5.74) is 1.08. The average molecular weight is 273 g/mol. The lowest BCUT2D eigenvalue weighted by molar-refractivity contribution is 0.160. The molecule has 4 heteroatoms. The number of benzene rings is 1. The quantitative estimate of drug-likeness (QED) is 0.880. The maximum Gasteiger partial charge on any atom is 0.0685 e.